The Morgan fingerprint density at radius 1 is 1.38 bits per heavy atom. The first-order chi connectivity index (χ1) is 6.08. The first kappa shape index (κ1) is 10.1. The van der Waals surface area contributed by atoms with Crippen LogP contribution in [0.2, 0.25) is 0 Å². The summed E-state index contributed by atoms with van der Waals surface area (Å²) in [6.45, 7) is 7.62. The predicted octanol–water partition coefficient (Wildman–Crippen LogP) is 1.43. The minimum atomic E-state index is 0.195. The van der Waals surface area contributed by atoms with E-state index in [0.717, 1.165) is 12.3 Å². The Kier molecular flexibility index (Phi) is 3.31. The van der Waals surface area contributed by atoms with Crippen LogP contribution in [-0.2, 0) is 11.3 Å². The van der Waals surface area contributed by atoms with Gasteiger partial charge in [0.15, 0.2) is 0 Å². The molecule has 72 valence electrons. The van der Waals surface area contributed by atoms with E-state index >= 15 is 0 Å². The highest BCUT2D eigenvalue weighted by molar-refractivity contribution is 4.92. The van der Waals surface area contributed by atoms with Gasteiger partial charge in [0, 0.05) is 0 Å². The molecule has 0 saturated heterocycles. The van der Waals surface area contributed by atoms with Gasteiger partial charge < -0.3 is 4.74 Å². The van der Waals surface area contributed by atoms with Crippen molar-refractivity contribution >= 4 is 0 Å². The maximum atomic E-state index is 5.45. The van der Waals surface area contributed by atoms with Crippen molar-refractivity contribution in [2.75, 3.05) is 6.61 Å². The number of aromatic nitrogens is 3. The predicted molar refractivity (Wildman–Crippen MR) is 48.9 cm³/mol. The summed E-state index contributed by atoms with van der Waals surface area (Å²) >= 11 is 0. The van der Waals surface area contributed by atoms with E-state index in [1.807, 2.05) is 0 Å². The summed E-state index contributed by atoms with van der Waals surface area (Å²) in [4.78, 5) is 0. The second-order valence-electron chi connectivity index (χ2n) is 4.17. The van der Waals surface area contributed by atoms with Crippen LogP contribution in [0.25, 0.3) is 0 Å². The molecule has 4 nitrogen and oxygen atoms in total. The Morgan fingerprint density at radius 3 is 2.69 bits per heavy atom. The van der Waals surface area contributed by atoms with Crippen LogP contribution in [0.5, 0.6) is 0 Å². The van der Waals surface area contributed by atoms with E-state index in [4.69, 9.17) is 4.74 Å². The summed E-state index contributed by atoms with van der Waals surface area (Å²) < 4.78 is 5.45. The lowest BCUT2D eigenvalue weighted by atomic mass is 9.99. The van der Waals surface area contributed by atoms with Gasteiger partial charge in [-0.2, -0.15) is 0 Å². The van der Waals surface area contributed by atoms with E-state index in [2.05, 4.69) is 36.2 Å². The second kappa shape index (κ2) is 4.28. The van der Waals surface area contributed by atoms with E-state index in [0.29, 0.717) is 6.61 Å². The van der Waals surface area contributed by atoms with Crippen molar-refractivity contribution in [3.63, 3.8) is 0 Å². The van der Waals surface area contributed by atoms with Gasteiger partial charge in [0.05, 0.1) is 25.1 Å². The monoisotopic (exact) mass is 181 g/mol. The zero-order valence-corrected chi connectivity index (χ0v) is 8.32. The zero-order valence-electron chi connectivity index (χ0n) is 8.32. The molecule has 13 heavy (non-hydrogen) atoms. The lowest BCUT2D eigenvalue weighted by Gasteiger charge is -2.17. The minimum absolute atomic E-state index is 0.195. The summed E-state index contributed by atoms with van der Waals surface area (Å²) in [5.74, 6) is 0. The van der Waals surface area contributed by atoms with Crippen molar-refractivity contribution < 1.29 is 4.74 Å². The molecule has 0 N–H and O–H groups in total. The fraction of sp³-hybridized carbons (Fsp3) is 0.667. The van der Waals surface area contributed by atoms with Crippen molar-refractivity contribution in [1.82, 2.24) is 15.4 Å². The largest absolute Gasteiger partial charge is 0.375 e. The highest BCUT2D eigenvalue weighted by atomic mass is 16.5. The Bertz CT molecular complexity index is 243. The molecule has 0 aliphatic heterocycles. The average molecular weight is 181 g/mol. The van der Waals surface area contributed by atoms with Crippen LogP contribution in [0.3, 0.4) is 0 Å². The van der Waals surface area contributed by atoms with Gasteiger partial charge in [-0.1, -0.05) is 20.8 Å². The van der Waals surface area contributed by atoms with Crippen LogP contribution in [0.4, 0.5) is 0 Å². The number of hydrogen-bond donors (Lipinski definition) is 0. The van der Waals surface area contributed by atoms with Gasteiger partial charge >= 0.3 is 0 Å². The molecule has 1 aromatic heterocycles. The Balaban J connectivity index is 2.29. The van der Waals surface area contributed by atoms with Gasteiger partial charge in [0.25, 0.3) is 0 Å². The first-order valence-corrected chi connectivity index (χ1v) is 4.29. The molecular formula is C9H15N3O. The highest BCUT2D eigenvalue weighted by Crippen LogP contribution is 2.13. The van der Waals surface area contributed by atoms with Gasteiger partial charge in [-0.05, 0) is 16.7 Å². The molecule has 0 spiro atoms. The number of rotatable bonds is 3. The summed E-state index contributed by atoms with van der Waals surface area (Å²) in [6.07, 6.45) is 1.61. The molecule has 0 radical (unpaired) electrons. The molecule has 0 amide bonds. The van der Waals surface area contributed by atoms with Gasteiger partial charge in [-0.3, -0.25) is 0 Å². The number of ether oxygens (including phenoxy) is 1. The maximum absolute atomic E-state index is 5.45. The standard InChI is InChI=1S/C9H15N3O/c1-9(2,3)7-13-6-8-4-5-10-12-11-8/h4-5H,6-7H2,1-3H3. The van der Waals surface area contributed by atoms with Gasteiger partial charge in [0.2, 0.25) is 0 Å². The zero-order chi connectivity index (χ0) is 9.73. The van der Waals surface area contributed by atoms with Crippen molar-refractivity contribution in [2.45, 2.75) is 27.4 Å². The SMILES string of the molecule is CC(C)(C)COCc1ccnnn1. The Labute approximate surface area is 78.3 Å². The molecule has 0 unspecified atom stereocenters. The summed E-state index contributed by atoms with van der Waals surface area (Å²) in [6, 6.07) is 1.80. The third-order valence-electron chi connectivity index (χ3n) is 1.34. The molecule has 0 aliphatic rings. The second-order valence-corrected chi connectivity index (χ2v) is 4.17. The van der Waals surface area contributed by atoms with Crippen LogP contribution >= 0.6 is 0 Å². The highest BCUT2D eigenvalue weighted by Gasteiger charge is 2.09. The Morgan fingerprint density at radius 2 is 2.15 bits per heavy atom. The van der Waals surface area contributed by atoms with E-state index < -0.39 is 0 Å². The third kappa shape index (κ3) is 4.52. The van der Waals surface area contributed by atoms with Crippen molar-refractivity contribution in [3.05, 3.63) is 18.0 Å². The topological polar surface area (TPSA) is 47.9 Å². The van der Waals surface area contributed by atoms with Crippen LogP contribution in [0.1, 0.15) is 26.5 Å². The van der Waals surface area contributed by atoms with Crippen LogP contribution in [-0.4, -0.2) is 22.0 Å². The maximum Gasteiger partial charge on any atom is 0.0921 e. The van der Waals surface area contributed by atoms with Crippen LogP contribution in [0.15, 0.2) is 12.3 Å². The molecule has 0 bridgehead atoms. The van der Waals surface area contributed by atoms with Gasteiger partial charge in [-0.25, -0.2) is 0 Å². The Hall–Kier alpha value is -1.03. The van der Waals surface area contributed by atoms with Crippen molar-refractivity contribution in [1.29, 1.82) is 0 Å². The van der Waals surface area contributed by atoms with Crippen molar-refractivity contribution in [2.24, 2.45) is 5.41 Å². The molecule has 0 fully saturated rings. The fourth-order valence-electron chi connectivity index (χ4n) is 0.805. The molecule has 0 aromatic carbocycles. The first-order valence-electron chi connectivity index (χ1n) is 4.29. The lowest BCUT2D eigenvalue weighted by Crippen LogP contribution is -2.14. The van der Waals surface area contributed by atoms with Crippen LogP contribution in [0, 0.1) is 5.41 Å². The molecule has 1 rings (SSSR count). The molecule has 1 heterocycles. The molecule has 4 heteroatoms. The molecular weight excluding hydrogens is 166 g/mol. The van der Waals surface area contributed by atoms with E-state index in [1.54, 1.807) is 12.3 Å². The van der Waals surface area contributed by atoms with Crippen LogP contribution < -0.4 is 0 Å². The van der Waals surface area contributed by atoms with Crippen molar-refractivity contribution in [3.8, 4) is 0 Å². The molecule has 0 saturated carbocycles. The molecule has 0 aliphatic carbocycles. The number of nitrogens with zero attached hydrogens (tertiary/aromatic N) is 3. The van der Waals surface area contributed by atoms with E-state index in [9.17, 15) is 0 Å². The average Bonchev–Trinajstić information content (AvgIpc) is 2.04. The minimum Gasteiger partial charge on any atom is -0.375 e. The smallest absolute Gasteiger partial charge is 0.0921 e. The third-order valence-corrected chi connectivity index (χ3v) is 1.34. The van der Waals surface area contributed by atoms with Gasteiger partial charge in [-0.15, -0.1) is 10.2 Å². The summed E-state index contributed by atoms with van der Waals surface area (Å²) in [5, 5.41) is 10.9. The lowest BCUT2D eigenvalue weighted by molar-refractivity contribution is 0.0576. The normalized spacial score (nSPS) is 11.6. The quantitative estimate of drug-likeness (QED) is 0.707. The summed E-state index contributed by atoms with van der Waals surface area (Å²) in [5.41, 5.74) is 1.01. The van der Waals surface area contributed by atoms with E-state index in [1.165, 1.54) is 0 Å². The van der Waals surface area contributed by atoms with Gasteiger partial charge in [0.1, 0.15) is 0 Å². The molecule has 1 aromatic rings. The fourth-order valence-corrected chi connectivity index (χ4v) is 0.805. The molecule has 0 atom stereocenters. The number of hydrogen-bond acceptors (Lipinski definition) is 4. The summed E-state index contributed by atoms with van der Waals surface area (Å²) in [7, 11) is 0. The van der Waals surface area contributed by atoms with E-state index in [-0.39, 0.29) is 5.41 Å².